The van der Waals surface area contributed by atoms with Crippen molar-refractivity contribution >= 4 is 22.8 Å². The average Bonchev–Trinajstić information content (AvgIpc) is 3.17. The predicted octanol–water partition coefficient (Wildman–Crippen LogP) is 2.59. The van der Waals surface area contributed by atoms with Crippen molar-refractivity contribution in [2.45, 2.75) is 12.5 Å². The molecule has 0 spiro atoms. The number of nitrogens with zero attached hydrogens (tertiary/aromatic N) is 2. The summed E-state index contributed by atoms with van der Waals surface area (Å²) in [5, 5.41) is 9.66. The van der Waals surface area contributed by atoms with E-state index in [9.17, 15) is 14.0 Å². The molecule has 2 aromatic heterocycles. The number of nitrogens with two attached hydrogens (primary N) is 1. The SMILES string of the molecule is NC(=O)C(Cc1ccccc1)NC(=O)c1ccc2[nH]nc(-c3cccc(F)c3)c2n1. The standard InChI is InChI=1S/C22H18FN5O2/c23-15-8-4-7-14(12-15)19-20-16(27-28-19)9-10-17(25-20)22(30)26-18(21(24)29)11-13-5-2-1-3-6-13/h1-10,12,18H,11H2,(H2,24,29)(H,26,30)(H,27,28). The van der Waals surface area contributed by atoms with Crippen LogP contribution in [0.5, 0.6) is 0 Å². The molecule has 150 valence electrons. The zero-order valence-corrected chi connectivity index (χ0v) is 15.8. The zero-order chi connectivity index (χ0) is 21.1. The second-order valence-electron chi connectivity index (χ2n) is 6.79. The van der Waals surface area contributed by atoms with Crippen LogP contribution in [0.15, 0.2) is 66.7 Å². The summed E-state index contributed by atoms with van der Waals surface area (Å²) in [6.45, 7) is 0. The van der Waals surface area contributed by atoms with Gasteiger partial charge in [0.1, 0.15) is 28.8 Å². The lowest BCUT2D eigenvalue weighted by Gasteiger charge is -2.15. The van der Waals surface area contributed by atoms with E-state index in [-0.39, 0.29) is 12.1 Å². The van der Waals surface area contributed by atoms with Crippen molar-refractivity contribution in [3.63, 3.8) is 0 Å². The number of fused-ring (bicyclic) bond motifs is 1. The van der Waals surface area contributed by atoms with Gasteiger partial charge < -0.3 is 11.1 Å². The number of aromatic amines is 1. The quantitative estimate of drug-likeness (QED) is 0.459. The molecular weight excluding hydrogens is 385 g/mol. The molecule has 2 heterocycles. The lowest BCUT2D eigenvalue weighted by molar-refractivity contribution is -0.119. The number of primary amides is 1. The largest absolute Gasteiger partial charge is 0.368 e. The number of nitrogens with one attached hydrogen (secondary N) is 2. The molecule has 2 aromatic carbocycles. The number of benzene rings is 2. The molecular formula is C22H18FN5O2. The Morgan fingerprint density at radius 3 is 2.60 bits per heavy atom. The Hall–Kier alpha value is -4.07. The number of rotatable bonds is 6. The van der Waals surface area contributed by atoms with Gasteiger partial charge in [0.05, 0.1) is 5.52 Å². The van der Waals surface area contributed by atoms with E-state index in [0.717, 1.165) is 5.56 Å². The molecule has 0 radical (unpaired) electrons. The Kier molecular flexibility index (Phi) is 5.21. The fourth-order valence-corrected chi connectivity index (χ4v) is 3.17. The molecule has 0 aliphatic heterocycles. The highest BCUT2D eigenvalue weighted by Gasteiger charge is 2.21. The summed E-state index contributed by atoms with van der Waals surface area (Å²) in [6.07, 6.45) is 0.268. The first kappa shape index (κ1) is 19.3. The number of aromatic nitrogens is 3. The molecule has 1 unspecified atom stereocenters. The van der Waals surface area contributed by atoms with Gasteiger partial charge in [-0.05, 0) is 29.8 Å². The molecule has 4 rings (SSSR count). The highest BCUT2D eigenvalue weighted by molar-refractivity contribution is 5.99. The molecule has 0 saturated carbocycles. The fraction of sp³-hybridized carbons (Fsp3) is 0.0909. The number of hydrogen-bond donors (Lipinski definition) is 3. The van der Waals surface area contributed by atoms with Crippen molar-refractivity contribution in [3.05, 3.63) is 83.8 Å². The molecule has 1 atom stereocenters. The molecule has 2 amide bonds. The van der Waals surface area contributed by atoms with Crippen molar-refractivity contribution in [1.82, 2.24) is 20.5 Å². The molecule has 0 saturated heterocycles. The molecule has 0 fully saturated rings. The maximum Gasteiger partial charge on any atom is 0.270 e. The van der Waals surface area contributed by atoms with E-state index in [1.807, 2.05) is 30.3 Å². The van der Waals surface area contributed by atoms with Gasteiger partial charge >= 0.3 is 0 Å². The molecule has 8 heteroatoms. The third kappa shape index (κ3) is 4.02. The van der Waals surface area contributed by atoms with E-state index in [2.05, 4.69) is 20.5 Å². The van der Waals surface area contributed by atoms with E-state index < -0.39 is 23.7 Å². The van der Waals surface area contributed by atoms with Crippen molar-refractivity contribution in [1.29, 1.82) is 0 Å². The van der Waals surface area contributed by atoms with Crippen LogP contribution < -0.4 is 11.1 Å². The van der Waals surface area contributed by atoms with Gasteiger partial charge in [0, 0.05) is 12.0 Å². The van der Waals surface area contributed by atoms with E-state index in [0.29, 0.717) is 22.3 Å². The van der Waals surface area contributed by atoms with Gasteiger partial charge in [0.2, 0.25) is 5.91 Å². The summed E-state index contributed by atoms with van der Waals surface area (Å²) >= 11 is 0. The first-order chi connectivity index (χ1) is 14.5. The molecule has 30 heavy (non-hydrogen) atoms. The zero-order valence-electron chi connectivity index (χ0n) is 15.8. The maximum absolute atomic E-state index is 13.6. The van der Waals surface area contributed by atoms with Gasteiger partial charge in [-0.1, -0.05) is 42.5 Å². The molecule has 0 bridgehead atoms. The van der Waals surface area contributed by atoms with Crippen LogP contribution in [-0.4, -0.2) is 33.0 Å². The minimum atomic E-state index is -0.885. The molecule has 7 nitrogen and oxygen atoms in total. The molecule has 4 N–H and O–H groups in total. The van der Waals surface area contributed by atoms with Crippen LogP contribution in [0.3, 0.4) is 0 Å². The first-order valence-electron chi connectivity index (χ1n) is 9.26. The number of hydrogen-bond acceptors (Lipinski definition) is 4. The van der Waals surface area contributed by atoms with Gasteiger partial charge in [-0.3, -0.25) is 14.7 Å². The van der Waals surface area contributed by atoms with Gasteiger partial charge in [0.25, 0.3) is 5.91 Å². The highest BCUT2D eigenvalue weighted by atomic mass is 19.1. The lowest BCUT2D eigenvalue weighted by atomic mass is 10.1. The van der Waals surface area contributed by atoms with Crippen LogP contribution in [-0.2, 0) is 11.2 Å². The van der Waals surface area contributed by atoms with Crippen LogP contribution in [0.2, 0.25) is 0 Å². The minimum absolute atomic E-state index is 0.0980. The monoisotopic (exact) mass is 403 g/mol. The van der Waals surface area contributed by atoms with Gasteiger partial charge in [-0.25, -0.2) is 9.37 Å². The Balaban J connectivity index is 1.61. The molecule has 0 aliphatic rings. The number of H-pyrrole nitrogens is 1. The minimum Gasteiger partial charge on any atom is -0.368 e. The Morgan fingerprint density at radius 2 is 1.87 bits per heavy atom. The summed E-state index contributed by atoms with van der Waals surface area (Å²) in [5.41, 5.74) is 8.42. The highest BCUT2D eigenvalue weighted by Crippen LogP contribution is 2.25. The van der Waals surface area contributed by atoms with Crippen molar-refractivity contribution in [2.24, 2.45) is 5.73 Å². The first-order valence-corrected chi connectivity index (χ1v) is 9.26. The number of carbonyl (C=O) groups excluding carboxylic acids is 2. The van der Waals surface area contributed by atoms with Crippen LogP contribution in [0.25, 0.3) is 22.3 Å². The van der Waals surface area contributed by atoms with Crippen LogP contribution in [0.1, 0.15) is 16.1 Å². The maximum atomic E-state index is 13.6. The smallest absolute Gasteiger partial charge is 0.270 e. The van der Waals surface area contributed by atoms with E-state index in [1.54, 1.807) is 18.2 Å². The summed E-state index contributed by atoms with van der Waals surface area (Å²) < 4.78 is 13.6. The van der Waals surface area contributed by atoms with Crippen LogP contribution in [0, 0.1) is 5.82 Å². The Bertz CT molecular complexity index is 1220. The Morgan fingerprint density at radius 1 is 1.07 bits per heavy atom. The fourth-order valence-electron chi connectivity index (χ4n) is 3.17. The van der Waals surface area contributed by atoms with Crippen molar-refractivity contribution < 1.29 is 14.0 Å². The summed E-state index contributed by atoms with van der Waals surface area (Å²) in [6, 6.07) is 17.5. The van der Waals surface area contributed by atoms with Crippen molar-refractivity contribution in [2.75, 3.05) is 0 Å². The second kappa shape index (κ2) is 8.12. The topological polar surface area (TPSA) is 114 Å². The average molecular weight is 403 g/mol. The summed E-state index contributed by atoms with van der Waals surface area (Å²) in [4.78, 5) is 29.0. The van der Waals surface area contributed by atoms with E-state index >= 15 is 0 Å². The Labute approximate surface area is 171 Å². The molecule has 4 aromatic rings. The third-order valence-corrected chi connectivity index (χ3v) is 4.67. The lowest BCUT2D eigenvalue weighted by Crippen LogP contribution is -2.46. The number of carbonyl (C=O) groups is 2. The van der Waals surface area contributed by atoms with Gasteiger partial charge in [-0.2, -0.15) is 5.10 Å². The predicted molar refractivity (Wildman–Crippen MR) is 110 cm³/mol. The van der Waals surface area contributed by atoms with Crippen LogP contribution >= 0.6 is 0 Å². The number of pyridine rings is 1. The summed E-state index contributed by atoms with van der Waals surface area (Å²) in [5.74, 6) is -1.58. The second-order valence-corrected chi connectivity index (χ2v) is 6.79. The number of halogens is 1. The van der Waals surface area contributed by atoms with Gasteiger partial charge in [0.15, 0.2) is 0 Å². The third-order valence-electron chi connectivity index (χ3n) is 4.67. The van der Waals surface area contributed by atoms with Crippen LogP contribution in [0.4, 0.5) is 4.39 Å². The summed E-state index contributed by atoms with van der Waals surface area (Å²) in [7, 11) is 0. The number of amides is 2. The van der Waals surface area contributed by atoms with Crippen molar-refractivity contribution in [3.8, 4) is 11.3 Å². The normalized spacial score (nSPS) is 11.9. The van der Waals surface area contributed by atoms with Gasteiger partial charge in [-0.15, -0.1) is 0 Å². The molecule has 0 aliphatic carbocycles. The van der Waals surface area contributed by atoms with E-state index in [4.69, 9.17) is 5.73 Å². The van der Waals surface area contributed by atoms with E-state index in [1.165, 1.54) is 18.2 Å².